The van der Waals surface area contributed by atoms with Gasteiger partial charge in [0.05, 0.1) is 12.3 Å². The van der Waals surface area contributed by atoms with Crippen LogP contribution in [0.3, 0.4) is 0 Å². The molecule has 0 saturated carbocycles. The van der Waals surface area contributed by atoms with E-state index in [9.17, 15) is 0 Å². The molecule has 1 heterocycles. The van der Waals surface area contributed by atoms with Gasteiger partial charge in [0, 0.05) is 19.0 Å². The van der Waals surface area contributed by atoms with E-state index < -0.39 is 0 Å². The Hall–Kier alpha value is -1.39. The average Bonchev–Trinajstić information content (AvgIpc) is 2.67. The number of aromatic nitrogens is 2. The van der Waals surface area contributed by atoms with Crippen LogP contribution >= 0.6 is 12.2 Å². The molecule has 0 bridgehead atoms. The van der Waals surface area contributed by atoms with E-state index in [1.54, 1.807) is 7.11 Å². The predicted octanol–water partition coefficient (Wildman–Crippen LogP) is 3.03. The second-order valence-corrected chi connectivity index (χ2v) is 4.33. The topological polar surface area (TPSA) is 29.9 Å². The van der Waals surface area contributed by atoms with Gasteiger partial charge in [-0.3, -0.25) is 4.57 Å². The van der Waals surface area contributed by atoms with Crippen LogP contribution in [0.15, 0.2) is 30.5 Å². The number of hydrogen-bond acceptors (Lipinski definition) is 2. The van der Waals surface area contributed by atoms with Gasteiger partial charge in [0.1, 0.15) is 0 Å². The first-order chi connectivity index (χ1) is 8.24. The Balaban J connectivity index is 2.48. The number of benzene rings is 1. The fraction of sp³-hybridized carbons (Fsp3) is 0.308. The van der Waals surface area contributed by atoms with Crippen LogP contribution in [-0.4, -0.2) is 23.3 Å². The fourth-order valence-electron chi connectivity index (χ4n) is 1.91. The molecule has 0 aliphatic heterocycles. The largest absolute Gasteiger partial charge is 0.384 e. The molecule has 0 atom stereocenters. The number of para-hydroxylation sites is 1. The molecule has 4 heteroatoms. The molecule has 3 nitrogen and oxygen atoms in total. The fourth-order valence-corrected chi connectivity index (χ4v) is 2.21. The SMILES string of the molecule is COCCc1ccccc1-n1c(C)c[nH]c1=S. The number of hydrogen-bond donors (Lipinski definition) is 1. The Kier molecular flexibility index (Phi) is 3.76. The Labute approximate surface area is 106 Å². The summed E-state index contributed by atoms with van der Waals surface area (Å²) in [5.41, 5.74) is 3.49. The monoisotopic (exact) mass is 248 g/mol. The first kappa shape index (κ1) is 12.1. The lowest BCUT2D eigenvalue weighted by molar-refractivity contribution is 0.202. The summed E-state index contributed by atoms with van der Waals surface area (Å²) in [6.07, 6.45) is 2.81. The van der Waals surface area contributed by atoms with E-state index in [2.05, 4.69) is 21.7 Å². The van der Waals surface area contributed by atoms with Gasteiger partial charge in [-0.1, -0.05) is 18.2 Å². The Morgan fingerprint density at radius 3 is 2.76 bits per heavy atom. The van der Waals surface area contributed by atoms with Crippen molar-refractivity contribution < 1.29 is 4.74 Å². The van der Waals surface area contributed by atoms with Crippen molar-refractivity contribution in [3.05, 3.63) is 46.5 Å². The van der Waals surface area contributed by atoms with Crippen LogP contribution in [0.25, 0.3) is 5.69 Å². The van der Waals surface area contributed by atoms with Crippen molar-refractivity contribution in [2.24, 2.45) is 0 Å². The number of aromatic amines is 1. The van der Waals surface area contributed by atoms with Crippen LogP contribution in [0.5, 0.6) is 0 Å². The summed E-state index contributed by atoms with van der Waals surface area (Å²) in [6, 6.07) is 8.27. The number of rotatable bonds is 4. The van der Waals surface area contributed by atoms with Gasteiger partial charge in [0.2, 0.25) is 0 Å². The molecule has 2 rings (SSSR count). The summed E-state index contributed by atoms with van der Waals surface area (Å²) >= 11 is 5.30. The standard InChI is InChI=1S/C13H16N2OS/c1-10-9-14-13(17)15(10)12-6-4-3-5-11(12)7-8-16-2/h3-6,9H,7-8H2,1-2H3,(H,14,17). The van der Waals surface area contributed by atoms with Gasteiger partial charge in [-0.2, -0.15) is 0 Å². The second kappa shape index (κ2) is 5.29. The Bertz CT molecular complexity index is 557. The highest BCUT2D eigenvalue weighted by atomic mass is 32.1. The second-order valence-electron chi connectivity index (χ2n) is 3.94. The van der Waals surface area contributed by atoms with E-state index in [1.165, 1.54) is 5.56 Å². The Morgan fingerprint density at radius 1 is 1.35 bits per heavy atom. The van der Waals surface area contributed by atoms with E-state index >= 15 is 0 Å². The minimum Gasteiger partial charge on any atom is -0.384 e. The molecular weight excluding hydrogens is 232 g/mol. The first-order valence-corrected chi connectivity index (χ1v) is 5.99. The minimum absolute atomic E-state index is 0.716. The average molecular weight is 248 g/mol. The summed E-state index contributed by atoms with van der Waals surface area (Å²) in [5.74, 6) is 0. The number of methoxy groups -OCH3 is 1. The van der Waals surface area contributed by atoms with Gasteiger partial charge in [-0.25, -0.2) is 0 Å². The highest BCUT2D eigenvalue weighted by Crippen LogP contribution is 2.17. The van der Waals surface area contributed by atoms with Crippen molar-refractivity contribution in [2.45, 2.75) is 13.3 Å². The summed E-state index contributed by atoms with van der Waals surface area (Å²) in [7, 11) is 1.72. The lowest BCUT2D eigenvalue weighted by Gasteiger charge is -2.11. The molecule has 0 aliphatic carbocycles. The quantitative estimate of drug-likeness (QED) is 0.843. The highest BCUT2D eigenvalue weighted by Gasteiger charge is 2.07. The lowest BCUT2D eigenvalue weighted by Crippen LogP contribution is -2.04. The molecule has 0 spiro atoms. The summed E-state index contributed by atoms with van der Waals surface area (Å²) in [4.78, 5) is 3.07. The van der Waals surface area contributed by atoms with E-state index in [0.717, 1.165) is 22.6 Å². The van der Waals surface area contributed by atoms with E-state index in [4.69, 9.17) is 17.0 Å². The van der Waals surface area contributed by atoms with Crippen molar-refractivity contribution in [1.82, 2.24) is 9.55 Å². The van der Waals surface area contributed by atoms with E-state index in [0.29, 0.717) is 6.61 Å². The molecule has 1 aromatic heterocycles. The maximum atomic E-state index is 5.30. The van der Waals surface area contributed by atoms with E-state index in [1.807, 2.05) is 25.3 Å². The van der Waals surface area contributed by atoms with Crippen molar-refractivity contribution >= 4 is 12.2 Å². The van der Waals surface area contributed by atoms with Crippen LogP contribution in [0.4, 0.5) is 0 Å². The third-order valence-corrected chi connectivity index (χ3v) is 3.07. The molecule has 0 unspecified atom stereocenters. The zero-order chi connectivity index (χ0) is 12.3. The zero-order valence-electron chi connectivity index (χ0n) is 10.1. The number of nitrogens with zero attached hydrogens (tertiary/aromatic N) is 1. The smallest absolute Gasteiger partial charge is 0.182 e. The number of H-pyrrole nitrogens is 1. The molecule has 0 fully saturated rings. The van der Waals surface area contributed by atoms with Gasteiger partial charge >= 0.3 is 0 Å². The van der Waals surface area contributed by atoms with Crippen LogP contribution < -0.4 is 0 Å². The summed E-state index contributed by atoms with van der Waals surface area (Å²) in [5, 5.41) is 0. The van der Waals surface area contributed by atoms with Gasteiger partial charge in [-0.15, -0.1) is 0 Å². The predicted molar refractivity (Wildman–Crippen MR) is 71.3 cm³/mol. The third kappa shape index (κ3) is 2.48. The Morgan fingerprint density at radius 2 is 2.12 bits per heavy atom. The van der Waals surface area contributed by atoms with Crippen LogP contribution in [0.1, 0.15) is 11.3 Å². The van der Waals surface area contributed by atoms with Crippen LogP contribution in [0.2, 0.25) is 0 Å². The molecule has 0 saturated heterocycles. The molecule has 1 aromatic carbocycles. The van der Waals surface area contributed by atoms with Crippen molar-refractivity contribution in [1.29, 1.82) is 0 Å². The van der Waals surface area contributed by atoms with Gasteiger partial charge in [0.25, 0.3) is 0 Å². The maximum absolute atomic E-state index is 5.30. The summed E-state index contributed by atoms with van der Waals surface area (Å²) < 4.78 is 7.92. The maximum Gasteiger partial charge on any atom is 0.182 e. The number of aryl methyl sites for hydroxylation is 1. The third-order valence-electron chi connectivity index (χ3n) is 2.77. The molecule has 0 radical (unpaired) electrons. The van der Waals surface area contributed by atoms with E-state index in [-0.39, 0.29) is 0 Å². The minimum atomic E-state index is 0.716. The molecule has 0 amide bonds. The first-order valence-electron chi connectivity index (χ1n) is 5.58. The lowest BCUT2D eigenvalue weighted by atomic mass is 10.1. The molecule has 1 N–H and O–H groups in total. The van der Waals surface area contributed by atoms with Crippen molar-refractivity contribution in [3.8, 4) is 5.69 Å². The number of ether oxygens (including phenoxy) is 1. The van der Waals surface area contributed by atoms with Crippen molar-refractivity contribution in [2.75, 3.05) is 13.7 Å². The van der Waals surface area contributed by atoms with Crippen LogP contribution in [0, 0.1) is 11.7 Å². The summed E-state index contributed by atoms with van der Waals surface area (Å²) in [6.45, 7) is 2.76. The van der Waals surface area contributed by atoms with Gasteiger partial charge in [-0.05, 0) is 37.2 Å². The van der Waals surface area contributed by atoms with Gasteiger partial charge < -0.3 is 9.72 Å². The van der Waals surface area contributed by atoms with Crippen molar-refractivity contribution in [3.63, 3.8) is 0 Å². The molecule has 90 valence electrons. The van der Waals surface area contributed by atoms with Gasteiger partial charge in [0.15, 0.2) is 4.77 Å². The molecule has 0 aliphatic rings. The number of nitrogens with one attached hydrogen (secondary N) is 1. The number of imidazole rings is 1. The molecular formula is C13H16N2OS. The van der Waals surface area contributed by atoms with Crippen LogP contribution in [-0.2, 0) is 11.2 Å². The zero-order valence-corrected chi connectivity index (χ0v) is 10.9. The normalized spacial score (nSPS) is 10.7. The highest BCUT2D eigenvalue weighted by molar-refractivity contribution is 7.71. The molecule has 2 aromatic rings. The molecule has 17 heavy (non-hydrogen) atoms.